The minimum atomic E-state index is -1.35. The number of hydrogen-bond acceptors (Lipinski definition) is 6. The lowest BCUT2D eigenvalue weighted by atomic mass is 9.81. The fourth-order valence-electron chi connectivity index (χ4n) is 2.83. The number of halogens is 2. The van der Waals surface area contributed by atoms with Gasteiger partial charge in [0.2, 0.25) is 11.8 Å². The summed E-state index contributed by atoms with van der Waals surface area (Å²) in [6.07, 6.45) is -0.170. The summed E-state index contributed by atoms with van der Waals surface area (Å²) >= 11 is 11.8. The monoisotopic (exact) mass is 369 g/mol. The Balaban J connectivity index is 1.98. The van der Waals surface area contributed by atoms with Crippen LogP contribution in [0.5, 0.6) is 0 Å². The Morgan fingerprint density at radius 3 is 2.79 bits per heavy atom. The molecule has 2 heterocycles. The van der Waals surface area contributed by atoms with E-state index in [2.05, 4.69) is 10.5 Å². The number of rotatable bonds is 3. The Kier molecular flexibility index (Phi) is 4.23. The number of carbonyl (C=O) groups is 3. The van der Waals surface area contributed by atoms with Gasteiger partial charge in [-0.3, -0.25) is 9.59 Å². The molecule has 9 heteroatoms. The molecule has 126 valence electrons. The van der Waals surface area contributed by atoms with Crippen molar-refractivity contribution < 1.29 is 19.1 Å². The van der Waals surface area contributed by atoms with Gasteiger partial charge in [0.15, 0.2) is 5.71 Å². The first kappa shape index (κ1) is 16.7. The smallest absolute Gasteiger partial charge is 0.355 e. The average Bonchev–Trinajstić information content (AvgIpc) is 3.05. The third kappa shape index (κ3) is 2.44. The summed E-state index contributed by atoms with van der Waals surface area (Å²) in [5.74, 6) is -1.69. The molecule has 1 spiro atoms. The van der Waals surface area contributed by atoms with E-state index >= 15 is 0 Å². The Morgan fingerprint density at radius 1 is 1.38 bits per heavy atom. The van der Waals surface area contributed by atoms with Gasteiger partial charge in [-0.15, -0.1) is 0 Å². The van der Waals surface area contributed by atoms with Crippen LogP contribution in [0.15, 0.2) is 23.3 Å². The van der Waals surface area contributed by atoms with Crippen molar-refractivity contribution in [3.8, 4) is 0 Å². The van der Waals surface area contributed by atoms with E-state index in [0.29, 0.717) is 10.7 Å². The lowest BCUT2D eigenvalue weighted by molar-refractivity contribution is -0.136. The van der Waals surface area contributed by atoms with Gasteiger partial charge in [-0.05, 0) is 25.1 Å². The second kappa shape index (κ2) is 6.07. The van der Waals surface area contributed by atoms with Crippen LogP contribution in [0.25, 0.3) is 0 Å². The first-order valence-electron chi connectivity index (χ1n) is 7.21. The molecule has 2 amide bonds. The van der Waals surface area contributed by atoms with E-state index in [1.54, 1.807) is 6.92 Å². The summed E-state index contributed by atoms with van der Waals surface area (Å²) < 4.78 is 4.94. The second-order valence-electron chi connectivity index (χ2n) is 5.41. The van der Waals surface area contributed by atoms with Crippen molar-refractivity contribution in [1.29, 1.82) is 0 Å². The van der Waals surface area contributed by atoms with E-state index in [1.807, 2.05) is 0 Å². The number of amides is 2. The lowest BCUT2D eigenvalue weighted by Crippen LogP contribution is -2.45. The third-order valence-electron chi connectivity index (χ3n) is 3.97. The number of esters is 1. The first-order valence-corrected chi connectivity index (χ1v) is 7.97. The molecule has 2 aliphatic heterocycles. The highest BCUT2D eigenvalue weighted by Gasteiger charge is 2.59. The van der Waals surface area contributed by atoms with Gasteiger partial charge in [-0.25, -0.2) is 9.69 Å². The molecule has 1 unspecified atom stereocenters. The lowest BCUT2D eigenvalue weighted by Gasteiger charge is -2.21. The molecule has 0 bridgehead atoms. The van der Waals surface area contributed by atoms with Crippen molar-refractivity contribution in [2.45, 2.75) is 13.3 Å². The van der Waals surface area contributed by atoms with E-state index in [9.17, 15) is 14.4 Å². The summed E-state index contributed by atoms with van der Waals surface area (Å²) in [6.45, 7) is 1.85. The highest BCUT2D eigenvalue weighted by molar-refractivity contribution is 6.48. The summed E-state index contributed by atoms with van der Waals surface area (Å²) in [7, 11) is 0. The zero-order valence-electron chi connectivity index (χ0n) is 12.6. The summed E-state index contributed by atoms with van der Waals surface area (Å²) in [4.78, 5) is 38.5. The largest absolute Gasteiger partial charge is 0.461 e. The SMILES string of the molecule is CCOC(=O)C1=NNCC12CC(=O)N(c1ccc(Cl)c(Cl)c1)C2=O. The maximum atomic E-state index is 13.0. The van der Waals surface area contributed by atoms with E-state index in [4.69, 9.17) is 27.9 Å². The normalized spacial score (nSPS) is 22.8. The van der Waals surface area contributed by atoms with Crippen LogP contribution in [0.4, 0.5) is 5.69 Å². The molecule has 1 aromatic rings. The second-order valence-corrected chi connectivity index (χ2v) is 6.22. The van der Waals surface area contributed by atoms with Crippen molar-refractivity contribution in [3.63, 3.8) is 0 Å². The first-order chi connectivity index (χ1) is 11.4. The van der Waals surface area contributed by atoms with Gasteiger partial charge in [-0.2, -0.15) is 5.10 Å². The molecule has 0 radical (unpaired) electrons. The molecule has 1 aromatic carbocycles. The van der Waals surface area contributed by atoms with E-state index in [1.165, 1.54) is 18.2 Å². The summed E-state index contributed by atoms with van der Waals surface area (Å²) in [5, 5.41) is 4.41. The van der Waals surface area contributed by atoms with Gasteiger partial charge in [0.05, 0.1) is 28.9 Å². The van der Waals surface area contributed by atoms with Crippen LogP contribution < -0.4 is 10.3 Å². The molecule has 1 saturated heterocycles. The molecule has 3 rings (SSSR count). The third-order valence-corrected chi connectivity index (χ3v) is 4.71. The fourth-order valence-corrected chi connectivity index (χ4v) is 3.13. The van der Waals surface area contributed by atoms with E-state index in [-0.39, 0.29) is 30.3 Å². The maximum Gasteiger partial charge on any atom is 0.355 e. The van der Waals surface area contributed by atoms with Crippen molar-refractivity contribution in [2.75, 3.05) is 18.1 Å². The minimum Gasteiger partial charge on any atom is -0.461 e. The molecule has 0 aromatic heterocycles. The molecule has 7 nitrogen and oxygen atoms in total. The van der Waals surface area contributed by atoms with Gasteiger partial charge >= 0.3 is 5.97 Å². The Labute approximate surface area is 147 Å². The van der Waals surface area contributed by atoms with Crippen LogP contribution in [0.3, 0.4) is 0 Å². The molecular formula is C15H13Cl2N3O4. The number of ether oxygens (including phenoxy) is 1. The zero-order chi connectivity index (χ0) is 17.5. The van der Waals surface area contributed by atoms with Crippen LogP contribution in [0, 0.1) is 5.41 Å². The van der Waals surface area contributed by atoms with Crippen molar-refractivity contribution in [1.82, 2.24) is 5.43 Å². The van der Waals surface area contributed by atoms with Crippen LogP contribution in [-0.2, 0) is 19.1 Å². The highest BCUT2D eigenvalue weighted by Crippen LogP contribution is 2.40. The standard InChI is InChI=1S/C15H13Cl2N3O4/c1-2-24-13(22)12-15(7-18-19-12)6-11(21)20(14(15)23)8-3-4-9(16)10(17)5-8/h3-5,18H,2,6-7H2,1H3. The summed E-state index contributed by atoms with van der Waals surface area (Å²) in [5.41, 5.74) is 1.50. The predicted octanol–water partition coefficient (Wildman–Crippen LogP) is 1.77. The van der Waals surface area contributed by atoms with Crippen molar-refractivity contribution >= 4 is 52.4 Å². The zero-order valence-corrected chi connectivity index (χ0v) is 14.1. The molecular weight excluding hydrogens is 357 g/mol. The molecule has 0 saturated carbocycles. The number of hydrogen-bond donors (Lipinski definition) is 1. The van der Waals surface area contributed by atoms with Crippen LogP contribution >= 0.6 is 23.2 Å². The summed E-state index contributed by atoms with van der Waals surface area (Å²) in [6, 6.07) is 4.45. The van der Waals surface area contributed by atoms with Gasteiger partial charge in [0.1, 0.15) is 5.41 Å². The number of nitrogens with zero attached hydrogens (tertiary/aromatic N) is 2. The Hall–Kier alpha value is -2.12. The molecule has 1 N–H and O–H groups in total. The number of hydrazone groups is 1. The maximum absolute atomic E-state index is 13.0. The quantitative estimate of drug-likeness (QED) is 0.647. The molecule has 1 atom stereocenters. The highest BCUT2D eigenvalue weighted by atomic mass is 35.5. The number of carbonyl (C=O) groups excluding carboxylic acids is 3. The van der Waals surface area contributed by atoms with E-state index < -0.39 is 23.2 Å². The molecule has 1 fully saturated rings. The number of nitrogens with one attached hydrogen (secondary N) is 1. The van der Waals surface area contributed by atoms with Gasteiger partial charge < -0.3 is 10.2 Å². The number of anilines is 1. The number of imide groups is 1. The van der Waals surface area contributed by atoms with Crippen molar-refractivity contribution in [3.05, 3.63) is 28.2 Å². The molecule has 24 heavy (non-hydrogen) atoms. The van der Waals surface area contributed by atoms with Crippen LogP contribution in [0.2, 0.25) is 10.0 Å². The van der Waals surface area contributed by atoms with E-state index in [0.717, 1.165) is 4.90 Å². The topological polar surface area (TPSA) is 88.1 Å². The predicted molar refractivity (Wildman–Crippen MR) is 88.1 cm³/mol. The average molecular weight is 370 g/mol. The number of benzene rings is 1. The fraction of sp³-hybridized carbons (Fsp3) is 0.333. The van der Waals surface area contributed by atoms with Crippen LogP contribution in [0.1, 0.15) is 13.3 Å². The Morgan fingerprint density at radius 2 is 2.12 bits per heavy atom. The van der Waals surface area contributed by atoms with Crippen molar-refractivity contribution in [2.24, 2.45) is 10.5 Å². The van der Waals surface area contributed by atoms with Gasteiger partial charge in [0.25, 0.3) is 0 Å². The minimum absolute atomic E-state index is 0.0591. The Bertz CT molecular complexity index is 780. The van der Waals surface area contributed by atoms with Crippen LogP contribution in [-0.4, -0.2) is 36.6 Å². The van der Waals surface area contributed by atoms with Gasteiger partial charge in [-0.1, -0.05) is 23.2 Å². The molecule has 2 aliphatic rings. The molecule has 0 aliphatic carbocycles. The van der Waals surface area contributed by atoms with Gasteiger partial charge in [0, 0.05) is 6.42 Å².